The lowest BCUT2D eigenvalue weighted by Gasteiger charge is -2.08. The molecule has 23 heavy (non-hydrogen) atoms. The summed E-state index contributed by atoms with van der Waals surface area (Å²) in [5.41, 5.74) is -0.248. The van der Waals surface area contributed by atoms with Crippen molar-refractivity contribution in [2.75, 3.05) is 10.6 Å². The van der Waals surface area contributed by atoms with Crippen molar-refractivity contribution in [3.63, 3.8) is 0 Å². The van der Waals surface area contributed by atoms with Gasteiger partial charge < -0.3 is 10.6 Å². The summed E-state index contributed by atoms with van der Waals surface area (Å²) in [7, 11) is 0. The Morgan fingerprint density at radius 1 is 0.913 bits per heavy atom. The number of hydrogen-bond acceptors (Lipinski definition) is 8. The van der Waals surface area contributed by atoms with Gasteiger partial charge in [-0.3, -0.25) is 10.1 Å². The molecule has 0 aliphatic carbocycles. The molecule has 0 unspecified atom stereocenters. The molecule has 2 N–H and O–H groups in total. The van der Waals surface area contributed by atoms with E-state index in [1.165, 1.54) is 0 Å². The summed E-state index contributed by atoms with van der Waals surface area (Å²) in [5, 5.41) is 16.8. The zero-order chi connectivity index (χ0) is 16.1. The number of rotatable bonds is 5. The van der Waals surface area contributed by atoms with E-state index in [9.17, 15) is 10.1 Å². The van der Waals surface area contributed by atoms with E-state index in [0.717, 1.165) is 6.20 Å². The molecule has 0 atom stereocenters. The van der Waals surface area contributed by atoms with Gasteiger partial charge in [-0.1, -0.05) is 12.1 Å². The number of aromatic nitrogens is 4. The topological polar surface area (TPSA) is 119 Å². The largest absolute Gasteiger partial charge is 0.330 e. The molecule has 9 nitrogen and oxygen atoms in total. The smallest absolute Gasteiger partial charge is 0.319 e. The average Bonchev–Trinajstić information content (AvgIpc) is 2.57. The zero-order valence-corrected chi connectivity index (χ0v) is 11.7. The molecule has 0 radical (unpaired) electrons. The quantitative estimate of drug-likeness (QED) is 0.545. The van der Waals surface area contributed by atoms with Crippen LogP contribution in [0.25, 0.3) is 0 Å². The maximum absolute atomic E-state index is 11.1. The third kappa shape index (κ3) is 3.53. The molecule has 0 saturated heterocycles. The van der Waals surface area contributed by atoms with Crippen LogP contribution in [0.1, 0.15) is 0 Å². The van der Waals surface area contributed by atoms with Crippen molar-refractivity contribution >= 4 is 29.1 Å². The monoisotopic (exact) mass is 309 g/mol. The van der Waals surface area contributed by atoms with Gasteiger partial charge in [0.1, 0.15) is 17.8 Å². The summed E-state index contributed by atoms with van der Waals surface area (Å²) < 4.78 is 0. The van der Waals surface area contributed by atoms with E-state index in [-0.39, 0.29) is 17.5 Å². The van der Waals surface area contributed by atoms with E-state index in [1.807, 2.05) is 0 Å². The molecule has 114 valence electrons. The molecule has 0 amide bonds. The van der Waals surface area contributed by atoms with Crippen LogP contribution in [-0.2, 0) is 0 Å². The van der Waals surface area contributed by atoms with Crippen LogP contribution in [0.4, 0.5) is 29.1 Å². The fourth-order valence-electron chi connectivity index (χ4n) is 1.77. The van der Waals surface area contributed by atoms with Gasteiger partial charge in [0.05, 0.1) is 4.92 Å². The summed E-state index contributed by atoms with van der Waals surface area (Å²) in [6.07, 6.45) is 4.31. The highest BCUT2D eigenvalue weighted by Gasteiger charge is 2.18. The van der Waals surface area contributed by atoms with Crippen LogP contribution in [-0.4, -0.2) is 24.9 Å². The Morgan fingerprint density at radius 2 is 1.57 bits per heavy atom. The number of nitrogens with one attached hydrogen (secondary N) is 2. The maximum Gasteiger partial charge on any atom is 0.330 e. The average molecular weight is 309 g/mol. The molecule has 3 rings (SSSR count). The first-order valence-corrected chi connectivity index (χ1v) is 6.60. The SMILES string of the molecule is O=[N+]([O-])c1cnc(Nc2ccccn2)nc1Nc1ccccn1. The fraction of sp³-hybridized carbons (Fsp3) is 0. The van der Waals surface area contributed by atoms with Crippen LogP contribution in [0.15, 0.2) is 55.0 Å². The fourth-order valence-corrected chi connectivity index (χ4v) is 1.77. The highest BCUT2D eigenvalue weighted by atomic mass is 16.6. The Kier molecular flexibility index (Phi) is 4.01. The van der Waals surface area contributed by atoms with Gasteiger partial charge in [0.15, 0.2) is 0 Å². The summed E-state index contributed by atoms with van der Waals surface area (Å²) in [6, 6.07) is 10.5. The highest BCUT2D eigenvalue weighted by Crippen LogP contribution is 2.25. The van der Waals surface area contributed by atoms with Gasteiger partial charge >= 0.3 is 5.69 Å². The van der Waals surface area contributed by atoms with Crippen molar-refractivity contribution in [1.29, 1.82) is 0 Å². The minimum atomic E-state index is -0.560. The summed E-state index contributed by atoms with van der Waals surface area (Å²) in [6.45, 7) is 0. The lowest BCUT2D eigenvalue weighted by molar-refractivity contribution is -0.384. The van der Waals surface area contributed by atoms with E-state index in [4.69, 9.17) is 0 Å². The maximum atomic E-state index is 11.1. The molecule has 0 saturated carbocycles. The third-order valence-electron chi connectivity index (χ3n) is 2.78. The van der Waals surface area contributed by atoms with E-state index < -0.39 is 4.92 Å². The molecule has 9 heteroatoms. The molecule has 3 aromatic rings. The van der Waals surface area contributed by atoms with Gasteiger partial charge in [0.2, 0.25) is 11.8 Å². The first kappa shape index (κ1) is 14.3. The summed E-state index contributed by atoms with van der Waals surface area (Å²) in [5.74, 6) is 1.21. The van der Waals surface area contributed by atoms with Crippen LogP contribution in [0, 0.1) is 10.1 Å². The second-order valence-electron chi connectivity index (χ2n) is 4.36. The Hall–Kier alpha value is -3.62. The molecular formula is C14H11N7O2. The molecule has 0 fully saturated rings. The molecular weight excluding hydrogens is 298 g/mol. The molecule has 0 aliphatic heterocycles. The van der Waals surface area contributed by atoms with Crippen molar-refractivity contribution in [2.24, 2.45) is 0 Å². The van der Waals surface area contributed by atoms with Crippen LogP contribution >= 0.6 is 0 Å². The minimum absolute atomic E-state index is 0.0436. The molecule has 0 bridgehead atoms. The molecule has 0 aliphatic rings. The van der Waals surface area contributed by atoms with Crippen molar-refractivity contribution in [2.45, 2.75) is 0 Å². The van der Waals surface area contributed by atoms with Crippen molar-refractivity contribution in [1.82, 2.24) is 19.9 Å². The highest BCUT2D eigenvalue weighted by molar-refractivity contribution is 5.64. The number of nitro groups is 1. The summed E-state index contributed by atoms with van der Waals surface area (Å²) in [4.78, 5) is 26.8. The van der Waals surface area contributed by atoms with Crippen LogP contribution in [0.5, 0.6) is 0 Å². The first-order chi connectivity index (χ1) is 11.2. The lowest BCUT2D eigenvalue weighted by Crippen LogP contribution is -2.05. The number of nitrogens with zero attached hydrogens (tertiary/aromatic N) is 5. The Morgan fingerprint density at radius 3 is 2.13 bits per heavy atom. The molecule has 3 heterocycles. The van der Waals surface area contributed by atoms with Gasteiger partial charge in [-0.15, -0.1) is 0 Å². The van der Waals surface area contributed by atoms with E-state index in [0.29, 0.717) is 11.6 Å². The Bertz CT molecular complexity index is 812. The second kappa shape index (κ2) is 6.43. The van der Waals surface area contributed by atoms with Gasteiger partial charge in [0, 0.05) is 12.4 Å². The van der Waals surface area contributed by atoms with Gasteiger partial charge in [0.25, 0.3) is 0 Å². The van der Waals surface area contributed by atoms with Crippen molar-refractivity contribution < 1.29 is 4.92 Å². The van der Waals surface area contributed by atoms with E-state index in [1.54, 1.807) is 48.8 Å². The third-order valence-corrected chi connectivity index (χ3v) is 2.78. The van der Waals surface area contributed by atoms with Crippen LogP contribution < -0.4 is 10.6 Å². The predicted octanol–water partition coefficient (Wildman–Crippen LogP) is 2.66. The first-order valence-electron chi connectivity index (χ1n) is 6.60. The van der Waals surface area contributed by atoms with E-state index >= 15 is 0 Å². The number of pyridine rings is 2. The predicted molar refractivity (Wildman–Crippen MR) is 83.7 cm³/mol. The van der Waals surface area contributed by atoms with Gasteiger partial charge in [-0.05, 0) is 24.3 Å². The normalized spacial score (nSPS) is 10.1. The van der Waals surface area contributed by atoms with Gasteiger partial charge in [-0.25, -0.2) is 15.0 Å². The molecule has 0 spiro atoms. The van der Waals surface area contributed by atoms with E-state index in [2.05, 4.69) is 30.6 Å². The standard InChI is InChI=1S/C14H11N7O2/c22-21(23)10-9-17-14(19-12-6-2-4-8-16-12)20-13(10)18-11-5-1-3-7-15-11/h1-9H,(H2,15,16,17,18,19,20). The Labute approximate surface area is 130 Å². The zero-order valence-electron chi connectivity index (χ0n) is 11.7. The lowest BCUT2D eigenvalue weighted by atomic mass is 10.4. The van der Waals surface area contributed by atoms with Gasteiger partial charge in [-0.2, -0.15) is 4.98 Å². The molecule has 0 aromatic carbocycles. The summed E-state index contributed by atoms with van der Waals surface area (Å²) >= 11 is 0. The number of hydrogen-bond donors (Lipinski definition) is 2. The van der Waals surface area contributed by atoms with Crippen molar-refractivity contribution in [3.8, 4) is 0 Å². The number of anilines is 4. The van der Waals surface area contributed by atoms with Crippen LogP contribution in [0.3, 0.4) is 0 Å². The Balaban J connectivity index is 1.91. The van der Waals surface area contributed by atoms with Crippen molar-refractivity contribution in [3.05, 3.63) is 65.1 Å². The molecule has 3 aromatic heterocycles. The van der Waals surface area contributed by atoms with Crippen LogP contribution in [0.2, 0.25) is 0 Å². The second-order valence-corrected chi connectivity index (χ2v) is 4.36. The minimum Gasteiger partial charge on any atom is -0.319 e.